The molecular formula is C17H17N7O. The van der Waals surface area contributed by atoms with E-state index >= 15 is 0 Å². The van der Waals surface area contributed by atoms with Crippen LogP contribution >= 0.6 is 0 Å². The molecule has 0 bridgehead atoms. The number of hydrogen-bond acceptors (Lipinski definition) is 7. The van der Waals surface area contributed by atoms with Gasteiger partial charge in [-0.05, 0) is 25.1 Å². The van der Waals surface area contributed by atoms with Crippen molar-refractivity contribution in [3.63, 3.8) is 0 Å². The van der Waals surface area contributed by atoms with Gasteiger partial charge in [-0.1, -0.05) is 11.2 Å². The Kier molecular flexibility index (Phi) is 3.77. The van der Waals surface area contributed by atoms with Gasteiger partial charge in [-0.25, -0.2) is 4.98 Å². The second kappa shape index (κ2) is 6.23. The number of nitrogens with two attached hydrogens (primary N) is 1. The topological polar surface area (TPSA) is 108 Å². The molecule has 0 saturated heterocycles. The van der Waals surface area contributed by atoms with Gasteiger partial charge in [-0.15, -0.1) is 0 Å². The number of rotatable bonds is 5. The van der Waals surface area contributed by atoms with Crippen LogP contribution in [0.15, 0.2) is 47.2 Å². The van der Waals surface area contributed by atoms with Crippen LogP contribution in [-0.2, 0) is 13.1 Å². The maximum absolute atomic E-state index is 5.84. The molecule has 0 saturated carbocycles. The molecule has 0 aromatic carbocycles. The van der Waals surface area contributed by atoms with Crippen molar-refractivity contribution in [2.75, 3.05) is 11.1 Å². The average molecular weight is 335 g/mol. The Morgan fingerprint density at radius 3 is 2.92 bits per heavy atom. The van der Waals surface area contributed by atoms with E-state index in [4.69, 9.17) is 10.3 Å². The van der Waals surface area contributed by atoms with Gasteiger partial charge in [0.2, 0.25) is 5.95 Å². The van der Waals surface area contributed by atoms with E-state index in [-0.39, 0.29) is 5.95 Å². The van der Waals surface area contributed by atoms with Crippen LogP contribution in [0.2, 0.25) is 0 Å². The number of hydrogen-bond donors (Lipinski definition) is 2. The van der Waals surface area contributed by atoms with Crippen molar-refractivity contribution in [3.05, 3.63) is 59.9 Å². The van der Waals surface area contributed by atoms with Crippen molar-refractivity contribution in [1.82, 2.24) is 24.7 Å². The largest absolute Gasteiger partial charge is 0.368 e. The molecule has 3 N–H and O–H groups in total. The molecular weight excluding hydrogens is 318 g/mol. The first-order valence-corrected chi connectivity index (χ1v) is 7.87. The van der Waals surface area contributed by atoms with Gasteiger partial charge in [-0.3, -0.25) is 4.98 Å². The highest BCUT2D eigenvalue weighted by Gasteiger charge is 2.13. The molecule has 0 unspecified atom stereocenters. The summed E-state index contributed by atoms with van der Waals surface area (Å²) in [5.41, 5.74) is 9.28. The highest BCUT2D eigenvalue weighted by Crippen LogP contribution is 2.24. The summed E-state index contributed by atoms with van der Waals surface area (Å²) < 4.78 is 7.28. The fourth-order valence-corrected chi connectivity index (χ4v) is 2.72. The van der Waals surface area contributed by atoms with Gasteiger partial charge in [0.1, 0.15) is 5.52 Å². The van der Waals surface area contributed by atoms with E-state index in [2.05, 4.69) is 25.4 Å². The Labute approximate surface area is 143 Å². The smallest absolute Gasteiger partial charge is 0.222 e. The quantitative estimate of drug-likeness (QED) is 0.576. The lowest BCUT2D eigenvalue weighted by molar-refractivity contribution is 0.384. The van der Waals surface area contributed by atoms with E-state index in [1.807, 2.05) is 48.0 Å². The molecule has 0 spiro atoms. The van der Waals surface area contributed by atoms with Gasteiger partial charge in [0.25, 0.3) is 0 Å². The molecule has 25 heavy (non-hydrogen) atoms. The van der Waals surface area contributed by atoms with Gasteiger partial charge in [-0.2, -0.15) is 4.98 Å². The minimum Gasteiger partial charge on any atom is -0.368 e. The standard InChI is InChI=1S/C17H17N7O/c1-11-8-13(25-23-11)9-20-16-15-14(21-17(18)22-16)5-7-24(15)10-12-4-2-3-6-19-12/h2-8H,9-10H2,1H3,(H3,18,20,21,22). The normalized spacial score (nSPS) is 11.1. The summed E-state index contributed by atoms with van der Waals surface area (Å²) in [6, 6.07) is 9.64. The molecule has 4 aromatic heterocycles. The van der Waals surface area contributed by atoms with E-state index in [1.54, 1.807) is 6.20 Å². The zero-order valence-electron chi connectivity index (χ0n) is 13.7. The SMILES string of the molecule is Cc1cc(CNc2nc(N)nc3ccn(Cc4ccccn4)c23)on1. The predicted octanol–water partition coefficient (Wildman–Crippen LogP) is 2.37. The summed E-state index contributed by atoms with van der Waals surface area (Å²) in [6.45, 7) is 2.96. The Bertz CT molecular complexity index is 1010. The summed E-state index contributed by atoms with van der Waals surface area (Å²) in [4.78, 5) is 13.0. The van der Waals surface area contributed by atoms with Crippen LogP contribution in [0.5, 0.6) is 0 Å². The molecule has 0 amide bonds. The lowest BCUT2D eigenvalue weighted by Crippen LogP contribution is -2.08. The van der Waals surface area contributed by atoms with Crippen LogP contribution in [0.1, 0.15) is 17.1 Å². The van der Waals surface area contributed by atoms with E-state index in [9.17, 15) is 0 Å². The number of nitrogen functional groups attached to an aromatic ring is 1. The van der Waals surface area contributed by atoms with Crippen molar-refractivity contribution in [3.8, 4) is 0 Å². The Morgan fingerprint density at radius 1 is 1.24 bits per heavy atom. The minimum atomic E-state index is 0.222. The highest BCUT2D eigenvalue weighted by molar-refractivity contribution is 5.87. The van der Waals surface area contributed by atoms with Crippen molar-refractivity contribution in [1.29, 1.82) is 0 Å². The van der Waals surface area contributed by atoms with Gasteiger partial charge in [0.15, 0.2) is 11.6 Å². The van der Waals surface area contributed by atoms with Gasteiger partial charge < -0.3 is 20.1 Å². The Hall–Kier alpha value is -3.42. The number of aryl methyl sites for hydroxylation is 1. The summed E-state index contributed by atoms with van der Waals surface area (Å²) in [5.74, 6) is 1.60. The molecule has 0 atom stereocenters. The zero-order chi connectivity index (χ0) is 17.2. The summed E-state index contributed by atoms with van der Waals surface area (Å²) >= 11 is 0. The van der Waals surface area contributed by atoms with Gasteiger partial charge in [0.05, 0.1) is 30.0 Å². The lowest BCUT2D eigenvalue weighted by atomic mass is 10.3. The van der Waals surface area contributed by atoms with Crippen molar-refractivity contribution in [2.45, 2.75) is 20.0 Å². The number of nitrogens with zero attached hydrogens (tertiary/aromatic N) is 5. The van der Waals surface area contributed by atoms with Gasteiger partial charge >= 0.3 is 0 Å². The third-order valence-electron chi connectivity index (χ3n) is 3.79. The Morgan fingerprint density at radius 2 is 2.16 bits per heavy atom. The maximum atomic E-state index is 5.84. The molecule has 8 nitrogen and oxygen atoms in total. The van der Waals surface area contributed by atoms with E-state index < -0.39 is 0 Å². The van der Waals surface area contributed by atoms with Crippen LogP contribution in [0.4, 0.5) is 11.8 Å². The third-order valence-corrected chi connectivity index (χ3v) is 3.79. The van der Waals surface area contributed by atoms with E-state index in [0.717, 1.165) is 28.2 Å². The molecule has 0 radical (unpaired) electrons. The third kappa shape index (κ3) is 3.14. The average Bonchev–Trinajstić information content (AvgIpc) is 3.20. The van der Waals surface area contributed by atoms with Crippen molar-refractivity contribution in [2.24, 2.45) is 0 Å². The molecule has 4 aromatic rings. The van der Waals surface area contributed by atoms with Crippen molar-refractivity contribution >= 4 is 22.8 Å². The fraction of sp³-hybridized carbons (Fsp3) is 0.176. The molecule has 0 aliphatic carbocycles. The fourth-order valence-electron chi connectivity index (χ4n) is 2.72. The van der Waals surface area contributed by atoms with Crippen LogP contribution < -0.4 is 11.1 Å². The summed E-state index contributed by atoms with van der Waals surface area (Å²) in [5, 5.41) is 7.15. The second-order valence-corrected chi connectivity index (χ2v) is 5.72. The number of fused-ring (bicyclic) bond motifs is 1. The molecule has 4 heterocycles. The molecule has 126 valence electrons. The molecule has 0 fully saturated rings. The zero-order valence-corrected chi connectivity index (χ0v) is 13.7. The number of nitrogens with one attached hydrogen (secondary N) is 1. The number of anilines is 2. The summed E-state index contributed by atoms with van der Waals surface area (Å²) in [7, 11) is 0. The number of pyridine rings is 1. The van der Waals surface area contributed by atoms with Gasteiger partial charge in [0, 0.05) is 18.5 Å². The minimum absolute atomic E-state index is 0.222. The molecule has 0 aliphatic rings. The first kappa shape index (κ1) is 15.1. The van der Waals surface area contributed by atoms with Crippen LogP contribution in [0.3, 0.4) is 0 Å². The van der Waals surface area contributed by atoms with Crippen LogP contribution in [0, 0.1) is 6.92 Å². The highest BCUT2D eigenvalue weighted by atomic mass is 16.5. The Balaban J connectivity index is 1.68. The van der Waals surface area contributed by atoms with Crippen LogP contribution in [-0.4, -0.2) is 24.7 Å². The second-order valence-electron chi connectivity index (χ2n) is 5.72. The monoisotopic (exact) mass is 335 g/mol. The van der Waals surface area contributed by atoms with Crippen LogP contribution in [0.25, 0.3) is 11.0 Å². The van der Waals surface area contributed by atoms with E-state index in [1.165, 1.54) is 0 Å². The summed E-state index contributed by atoms with van der Waals surface area (Å²) in [6.07, 6.45) is 3.73. The first-order chi connectivity index (χ1) is 12.2. The first-order valence-electron chi connectivity index (χ1n) is 7.87. The van der Waals surface area contributed by atoms with E-state index in [0.29, 0.717) is 18.9 Å². The number of aromatic nitrogens is 5. The lowest BCUT2D eigenvalue weighted by Gasteiger charge is -2.10. The molecule has 0 aliphatic heterocycles. The molecule has 8 heteroatoms. The predicted molar refractivity (Wildman–Crippen MR) is 93.8 cm³/mol. The molecule has 4 rings (SSSR count). The maximum Gasteiger partial charge on any atom is 0.222 e. The van der Waals surface area contributed by atoms with Crippen molar-refractivity contribution < 1.29 is 4.52 Å².